The fourth-order valence-corrected chi connectivity index (χ4v) is 3.27. The van der Waals surface area contributed by atoms with Crippen LogP contribution in [-0.4, -0.2) is 29.5 Å². The Morgan fingerprint density at radius 3 is 2.38 bits per heavy atom. The van der Waals surface area contributed by atoms with Gasteiger partial charge in [-0.05, 0) is 42.0 Å². The van der Waals surface area contributed by atoms with Crippen molar-refractivity contribution in [1.82, 2.24) is 9.97 Å². The van der Waals surface area contributed by atoms with E-state index in [4.69, 9.17) is 5.11 Å². The topological polar surface area (TPSA) is 129 Å². The molecule has 0 radical (unpaired) electrons. The lowest BCUT2D eigenvalue weighted by molar-refractivity contribution is 0.0695. The van der Waals surface area contributed by atoms with Crippen molar-refractivity contribution >= 4 is 21.7 Å². The number of aromatic carboxylic acids is 1. The van der Waals surface area contributed by atoms with E-state index in [1.54, 1.807) is 12.1 Å². The van der Waals surface area contributed by atoms with Crippen molar-refractivity contribution < 1.29 is 18.3 Å². The van der Waals surface area contributed by atoms with Gasteiger partial charge in [0.05, 0.1) is 0 Å². The molecule has 8 nitrogen and oxygen atoms in total. The van der Waals surface area contributed by atoms with Crippen LogP contribution in [0.4, 0.5) is 5.69 Å². The highest BCUT2D eigenvalue weighted by Gasteiger charge is 2.14. The number of nitrogens with zero attached hydrogens (tertiary/aromatic N) is 1. The van der Waals surface area contributed by atoms with Crippen LogP contribution in [0.3, 0.4) is 0 Å². The molecule has 26 heavy (non-hydrogen) atoms. The zero-order chi connectivity index (χ0) is 18.7. The molecule has 0 aliphatic carbocycles. The van der Waals surface area contributed by atoms with Crippen molar-refractivity contribution in [2.45, 2.75) is 4.90 Å². The Labute approximate surface area is 148 Å². The lowest BCUT2D eigenvalue weighted by atomic mass is 10.1. The Morgan fingerprint density at radius 1 is 1.08 bits per heavy atom. The first-order valence-corrected chi connectivity index (χ1v) is 8.85. The average Bonchev–Trinajstić information content (AvgIpc) is 2.62. The number of hydrogen-bond donors (Lipinski definition) is 3. The number of carboxylic acids is 1. The Bertz CT molecular complexity index is 1110. The zero-order valence-corrected chi connectivity index (χ0v) is 14.0. The van der Waals surface area contributed by atoms with Crippen LogP contribution in [0, 0.1) is 0 Å². The Balaban J connectivity index is 1.84. The van der Waals surface area contributed by atoms with Crippen LogP contribution in [0.5, 0.6) is 0 Å². The van der Waals surface area contributed by atoms with Crippen LogP contribution >= 0.6 is 0 Å². The summed E-state index contributed by atoms with van der Waals surface area (Å²) in [6, 6.07) is 11.9. The van der Waals surface area contributed by atoms with Crippen LogP contribution in [0.25, 0.3) is 11.3 Å². The van der Waals surface area contributed by atoms with Gasteiger partial charge in [-0.3, -0.25) is 14.5 Å². The van der Waals surface area contributed by atoms with Gasteiger partial charge in [0, 0.05) is 23.8 Å². The molecule has 0 spiro atoms. The molecule has 132 valence electrons. The Hall–Kier alpha value is -3.46. The molecule has 2 aromatic heterocycles. The lowest BCUT2D eigenvalue weighted by Gasteiger charge is -2.09. The van der Waals surface area contributed by atoms with Gasteiger partial charge in [-0.15, -0.1) is 0 Å². The van der Waals surface area contributed by atoms with Crippen molar-refractivity contribution in [2.24, 2.45) is 0 Å². The summed E-state index contributed by atoms with van der Waals surface area (Å²) in [5.74, 6) is -1.31. The van der Waals surface area contributed by atoms with E-state index < -0.39 is 21.6 Å². The summed E-state index contributed by atoms with van der Waals surface area (Å²) in [7, 11) is -3.75. The van der Waals surface area contributed by atoms with Crippen molar-refractivity contribution in [3.8, 4) is 11.3 Å². The van der Waals surface area contributed by atoms with Crippen molar-refractivity contribution in [2.75, 3.05) is 4.72 Å². The minimum atomic E-state index is -3.75. The summed E-state index contributed by atoms with van der Waals surface area (Å²) in [6.07, 6.45) is 2.72. The third-order valence-corrected chi connectivity index (χ3v) is 4.90. The number of pyridine rings is 2. The second-order valence-corrected chi connectivity index (χ2v) is 6.97. The summed E-state index contributed by atoms with van der Waals surface area (Å²) in [6.45, 7) is 0. The van der Waals surface area contributed by atoms with Crippen LogP contribution in [0.2, 0.25) is 0 Å². The average molecular weight is 371 g/mol. The van der Waals surface area contributed by atoms with Crippen LogP contribution in [0.15, 0.2) is 70.6 Å². The first kappa shape index (κ1) is 17.4. The highest BCUT2D eigenvalue weighted by molar-refractivity contribution is 7.92. The monoisotopic (exact) mass is 371 g/mol. The summed E-state index contributed by atoms with van der Waals surface area (Å²) in [4.78, 5) is 28.9. The number of aromatic nitrogens is 2. The Morgan fingerprint density at radius 2 is 1.81 bits per heavy atom. The quantitative estimate of drug-likeness (QED) is 0.628. The van der Waals surface area contributed by atoms with E-state index in [2.05, 4.69) is 14.7 Å². The highest BCUT2D eigenvalue weighted by Crippen LogP contribution is 2.21. The number of sulfonamides is 1. The molecule has 0 aliphatic heterocycles. The standard InChI is InChI=1S/C17H13N3O5S/c21-16-14(17(22)23)7-8-15(19-16)11-3-5-12(6-4-11)20-26(24,25)13-2-1-9-18-10-13/h1-10,20H,(H,19,21)(H,22,23). The number of aromatic amines is 1. The third kappa shape index (κ3) is 3.62. The van der Waals surface area contributed by atoms with Crippen molar-refractivity contribution in [3.05, 3.63) is 76.8 Å². The van der Waals surface area contributed by atoms with Crippen LogP contribution < -0.4 is 10.3 Å². The van der Waals surface area contributed by atoms with Crippen molar-refractivity contribution in [1.29, 1.82) is 0 Å². The summed E-state index contributed by atoms with van der Waals surface area (Å²) in [5, 5.41) is 8.88. The van der Waals surface area contributed by atoms with Gasteiger partial charge >= 0.3 is 5.97 Å². The molecule has 3 N–H and O–H groups in total. The largest absolute Gasteiger partial charge is 0.477 e. The van der Waals surface area contributed by atoms with Gasteiger partial charge in [-0.2, -0.15) is 0 Å². The summed E-state index contributed by atoms with van der Waals surface area (Å²) in [5.41, 5.74) is 0.290. The number of nitrogens with one attached hydrogen (secondary N) is 2. The van der Waals surface area contributed by atoms with Gasteiger partial charge < -0.3 is 10.1 Å². The molecule has 0 saturated carbocycles. The summed E-state index contributed by atoms with van der Waals surface area (Å²) < 4.78 is 26.9. The van der Waals surface area contributed by atoms with E-state index in [1.165, 1.54) is 48.8 Å². The maximum Gasteiger partial charge on any atom is 0.341 e. The molecule has 0 aliphatic rings. The molecular formula is C17H13N3O5S. The van der Waals surface area contributed by atoms with Gasteiger partial charge in [-0.1, -0.05) is 12.1 Å². The lowest BCUT2D eigenvalue weighted by Crippen LogP contribution is -2.17. The fourth-order valence-electron chi connectivity index (χ4n) is 2.25. The minimum absolute atomic E-state index is 0.0395. The molecule has 9 heteroatoms. The SMILES string of the molecule is O=C(O)c1ccc(-c2ccc(NS(=O)(=O)c3cccnc3)cc2)[nH]c1=O. The number of anilines is 1. The van der Waals surface area contributed by atoms with E-state index in [0.29, 0.717) is 16.9 Å². The van der Waals surface area contributed by atoms with Crippen LogP contribution in [-0.2, 0) is 10.0 Å². The van der Waals surface area contributed by atoms with E-state index in [1.807, 2.05) is 0 Å². The molecule has 0 amide bonds. The van der Waals surface area contributed by atoms with Gasteiger partial charge in [0.15, 0.2) is 0 Å². The molecule has 0 saturated heterocycles. The predicted molar refractivity (Wildman–Crippen MR) is 94.5 cm³/mol. The second-order valence-electron chi connectivity index (χ2n) is 5.29. The maximum absolute atomic E-state index is 12.2. The van der Waals surface area contributed by atoms with E-state index in [-0.39, 0.29) is 10.5 Å². The van der Waals surface area contributed by atoms with Gasteiger partial charge in [-0.25, -0.2) is 13.2 Å². The number of H-pyrrole nitrogens is 1. The van der Waals surface area contributed by atoms with Gasteiger partial charge in [0.25, 0.3) is 15.6 Å². The summed E-state index contributed by atoms with van der Waals surface area (Å²) >= 11 is 0. The fraction of sp³-hybridized carbons (Fsp3) is 0. The zero-order valence-electron chi connectivity index (χ0n) is 13.2. The van der Waals surface area contributed by atoms with Crippen LogP contribution in [0.1, 0.15) is 10.4 Å². The van der Waals surface area contributed by atoms with E-state index in [0.717, 1.165) is 0 Å². The first-order valence-electron chi connectivity index (χ1n) is 7.37. The van der Waals surface area contributed by atoms with Crippen molar-refractivity contribution in [3.63, 3.8) is 0 Å². The molecule has 0 fully saturated rings. The first-order chi connectivity index (χ1) is 12.4. The molecule has 3 aromatic rings. The minimum Gasteiger partial charge on any atom is -0.477 e. The molecular weight excluding hydrogens is 358 g/mol. The second kappa shape index (κ2) is 6.81. The molecule has 0 bridgehead atoms. The number of rotatable bonds is 5. The normalized spacial score (nSPS) is 11.1. The Kier molecular flexibility index (Phi) is 4.55. The number of hydrogen-bond acceptors (Lipinski definition) is 5. The smallest absolute Gasteiger partial charge is 0.341 e. The van der Waals surface area contributed by atoms with E-state index >= 15 is 0 Å². The maximum atomic E-state index is 12.2. The molecule has 0 unspecified atom stereocenters. The van der Waals surface area contributed by atoms with Gasteiger partial charge in [0.2, 0.25) is 0 Å². The van der Waals surface area contributed by atoms with Gasteiger partial charge in [0.1, 0.15) is 10.5 Å². The molecule has 2 heterocycles. The third-order valence-electron chi connectivity index (χ3n) is 3.53. The molecule has 0 atom stereocenters. The number of benzene rings is 1. The van der Waals surface area contributed by atoms with E-state index in [9.17, 15) is 18.0 Å². The number of carbonyl (C=O) groups is 1. The number of carboxylic acid groups (broad SMARTS) is 1. The highest BCUT2D eigenvalue weighted by atomic mass is 32.2. The molecule has 3 rings (SSSR count). The molecule has 1 aromatic carbocycles. The predicted octanol–water partition coefficient (Wildman–Crippen LogP) is 1.94.